The van der Waals surface area contributed by atoms with E-state index in [1.165, 1.54) is 17.7 Å². The van der Waals surface area contributed by atoms with E-state index in [1.54, 1.807) is 0 Å². The summed E-state index contributed by atoms with van der Waals surface area (Å²) in [5, 5.41) is 3.31. The van der Waals surface area contributed by atoms with Gasteiger partial charge in [0.1, 0.15) is 11.6 Å². The monoisotopic (exact) mass is 382 g/mol. The van der Waals surface area contributed by atoms with E-state index in [2.05, 4.69) is 17.4 Å². The van der Waals surface area contributed by atoms with Gasteiger partial charge in [0.25, 0.3) is 0 Å². The Morgan fingerprint density at radius 1 is 0.852 bits per heavy atom. The summed E-state index contributed by atoms with van der Waals surface area (Å²) in [5.74, 6) is -1.28. The quantitative estimate of drug-likeness (QED) is 0.574. The van der Waals surface area contributed by atoms with E-state index >= 15 is 0 Å². The molecule has 0 aliphatic carbocycles. The van der Waals surface area contributed by atoms with Crippen molar-refractivity contribution in [2.24, 2.45) is 0 Å². The Balaban J connectivity index is 1.74. The number of rotatable bonds is 6. The molecule has 0 spiro atoms. The molecular weight excluding hydrogens is 362 g/mol. The minimum Gasteiger partial charge on any atom is -0.344 e. The van der Waals surface area contributed by atoms with Gasteiger partial charge in [-0.05, 0) is 41.9 Å². The molecule has 3 aromatic carbocycles. The highest BCUT2D eigenvalue weighted by Crippen LogP contribution is 2.17. The zero-order valence-corrected chi connectivity index (χ0v) is 15.6. The lowest BCUT2D eigenvalue weighted by molar-refractivity contribution is 0.423. The van der Waals surface area contributed by atoms with E-state index in [9.17, 15) is 8.78 Å². The van der Waals surface area contributed by atoms with Crippen molar-refractivity contribution in [3.05, 3.63) is 102 Å². The lowest BCUT2D eigenvalue weighted by Gasteiger charge is -2.26. The van der Waals surface area contributed by atoms with Crippen LogP contribution in [0.25, 0.3) is 0 Å². The second kappa shape index (κ2) is 9.24. The first-order valence-electron chi connectivity index (χ1n) is 8.70. The molecule has 1 N–H and O–H groups in total. The second-order valence-corrected chi connectivity index (χ2v) is 6.58. The largest absolute Gasteiger partial charge is 0.344 e. The average molecular weight is 382 g/mol. The molecule has 0 unspecified atom stereocenters. The lowest BCUT2D eigenvalue weighted by atomic mass is 10.1. The van der Waals surface area contributed by atoms with Gasteiger partial charge in [-0.2, -0.15) is 0 Å². The van der Waals surface area contributed by atoms with Crippen molar-refractivity contribution in [3.8, 4) is 0 Å². The van der Waals surface area contributed by atoms with Crippen LogP contribution in [0.3, 0.4) is 0 Å². The van der Waals surface area contributed by atoms with Crippen LogP contribution in [0.1, 0.15) is 11.1 Å². The fourth-order valence-corrected chi connectivity index (χ4v) is 3.02. The van der Waals surface area contributed by atoms with Gasteiger partial charge >= 0.3 is 0 Å². The third kappa shape index (κ3) is 5.59. The molecule has 0 amide bonds. The third-order valence-corrected chi connectivity index (χ3v) is 4.55. The summed E-state index contributed by atoms with van der Waals surface area (Å²) >= 11 is 5.52. The zero-order chi connectivity index (χ0) is 19.1. The van der Waals surface area contributed by atoms with E-state index < -0.39 is 11.6 Å². The van der Waals surface area contributed by atoms with Crippen LogP contribution >= 0.6 is 12.2 Å². The molecule has 0 aromatic heterocycles. The predicted molar refractivity (Wildman–Crippen MR) is 110 cm³/mol. The summed E-state index contributed by atoms with van der Waals surface area (Å²) in [5.41, 5.74) is 2.47. The normalized spacial score (nSPS) is 10.4. The van der Waals surface area contributed by atoms with E-state index in [-0.39, 0.29) is 5.69 Å². The molecule has 0 saturated carbocycles. The summed E-state index contributed by atoms with van der Waals surface area (Å²) < 4.78 is 27.1. The Morgan fingerprint density at radius 3 is 2.11 bits per heavy atom. The highest BCUT2D eigenvalue weighted by atomic mass is 32.1. The van der Waals surface area contributed by atoms with Gasteiger partial charge in [-0.15, -0.1) is 0 Å². The maximum atomic E-state index is 14.0. The summed E-state index contributed by atoms with van der Waals surface area (Å²) in [6.07, 6.45) is 0.807. The molecular formula is C22H20F2N2S. The maximum Gasteiger partial charge on any atom is 0.173 e. The van der Waals surface area contributed by atoms with E-state index in [4.69, 9.17) is 12.2 Å². The van der Waals surface area contributed by atoms with Gasteiger partial charge in [-0.3, -0.25) is 0 Å². The van der Waals surface area contributed by atoms with E-state index in [0.717, 1.165) is 18.1 Å². The van der Waals surface area contributed by atoms with Gasteiger partial charge in [0.05, 0.1) is 5.69 Å². The molecule has 27 heavy (non-hydrogen) atoms. The summed E-state index contributed by atoms with van der Waals surface area (Å²) in [4.78, 5) is 1.99. The van der Waals surface area contributed by atoms with Gasteiger partial charge in [0.2, 0.25) is 0 Å². The van der Waals surface area contributed by atoms with Crippen LogP contribution in [0.15, 0.2) is 78.9 Å². The lowest BCUT2D eigenvalue weighted by Crippen LogP contribution is -2.36. The molecule has 3 aromatic rings. The number of hydrogen-bond donors (Lipinski definition) is 1. The number of benzene rings is 3. The standard InChI is InChI=1S/C22H20F2N2S/c23-19-11-12-21(20(24)15-19)25-22(27)26(16-18-9-5-2-6-10-18)14-13-17-7-3-1-4-8-17/h1-12,15H,13-14,16H2,(H,25,27). The first-order valence-corrected chi connectivity index (χ1v) is 9.11. The number of nitrogens with one attached hydrogen (secondary N) is 1. The molecule has 0 radical (unpaired) electrons. The summed E-state index contributed by atoms with van der Waals surface area (Å²) in [7, 11) is 0. The maximum absolute atomic E-state index is 14.0. The molecule has 138 valence electrons. The molecule has 3 rings (SSSR count). The first-order chi connectivity index (χ1) is 13.1. The summed E-state index contributed by atoms with van der Waals surface area (Å²) in [6, 6.07) is 23.5. The van der Waals surface area contributed by atoms with Gasteiger partial charge in [-0.1, -0.05) is 60.7 Å². The third-order valence-electron chi connectivity index (χ3n) is 4.19. The van der Waals surface area contributed by atoms with Crippen LogP contribution < -0.4 is 5.32 Å². The fourth-order valence-electron chi connectivity index (χ4n) is 2.75. The Hall–Kier alpha value is -2.79. The molecule has 0 atom stereocenters. The smallest absolute Gasteiger partial charge is 0.173 e. The van der Waals surface area contributed by atoms with Crippen molar-refractivity contribution in [3.63, 3.8) is 0 Å². The van der Waals surface area contributed by atoms with Crippen LogP contribution in [0.5, 0.6) is 0 Å². The highest BCUT2D eigenvalue weighted by molar-refractivity contribution is 7.80. The first kappa shape index (κ1) is 19.0. The number of hydrogen-bond acceptors (Lipinski definition) is 1. The van der Waals surface area contributed by atoms with Crippen molar-refractivity contribution in [2.45, 2.75) is 13.0 Å². The van der Waals surface area contributed by atoms with Crippen molar-refractivity contribution in [1.82, 2.24) is 4.90 Å². The highest BCUT2D eigenvalue weighted by Gasteiger charge is 2.13. The minimum atomic E-state index is -0.667. The molecule has 0 bridgehead atoms. The number of nitrogens with zero attached hydrogens (tertiary/aromatic N) is 1. The van der Waals surface area contributed by atoms with E-state index in [0.29, 0.717) is 18.2 Å². The Bertz CT molecular complexity index is 885. The molecule has 0 aliphatic rings. The molecule has 0 aliphatic heterocycles. The SMILES string of the molecule is Fc1ccc(NC(=S)N(CCc2ccccc2)Cc2ccccc2)c(F)c1. The topological polar surface area (TPSA) is 15.3 Å². The van der Waals surface area contributed by atoms with Gasteiger partial charge in [0.15, 0.2) is 5.11 Å². The molecule has 2 nitrogen and oxygen atoms in total. The van der Waals surface area contributed by atoms with Crippen LogP contribution in [-0.2, 0) is 13.0 Å². The second-order valence-electron chi connectivity index (χ2n) is 6.20. The Kier molecular flexibility index (Phi) is 6.49. The predicted octanol–water partition coefficient (Wildman–Crippen LogP) is 5.41. The van der Waals surface area contributed by atoms with Gasteiger partial charge in [0, 0.05) is 19.2 Å². The minimum absolute atomic E-state index is 0.166. The average Bonchev–Trinajstić information content (AvgIpc) is 2.69. The van der Waals surface area contributed by atoms with Crippen LogP contribution in [0.4, 0.5) is 14.5 Å². The zero-order valence-electron chi connectivity index (χ0n) is 14.7. The number of halogens is 2. The van der Waals surface area contributed by atoms with Crippen LogP contribution in [-0.4, -0.2) is 16.6 Å². The number of thiocarbonyl (C=S) groups is 1. The molecule has 0 saturated heterocycles. The molecule has 0 fully saturated rings. The van der Waals surface area contributed by atoms with Crippen LogP contribution in [0, 0.1) is 11.6 Å². The van der Waals surface area contributed by atoms with Gasteiger partial charge < -0.3 is 10.2 Å². The fraction of sp³-hybridized carbons (Fsp3) is 0.136. The Labute approximate surface area is 163 Å². The summed E-state index contributed by atoms with van der Waals surface area (Å²) in [6.45, 7) is 1.27. The van der Waals surface area contributed by atoms with E-state index in [1.807, 2.05) is 53.4 Å². The van der Waals surface area contributed by atoms with Crippen molar-refractivity contribution in [1.29, 1.82) is 0 Å². The molecule has 5 heteroatoms. The van der Waals surface area contributed by atoms with Gasteiger partial charge in [-0.25, -0.2) is 8.78 Å². The number of anilines is 1. The van der Waals surface area contributed by atoms with Crippen LogP contribution in [0.2, 0.25) is 0 Å². The Morgan fingerprint density at radius 2 is 1.48 bits per heavy atom. The van der Waals surface area contributed by atoms with Crippen molar-refractivity contribution < 1.29 is 8.78 Å². The van der Waals surface area contributed by atoms with Crippen molar-refractivity contribution in [2.75, 3.05) is 11.9 Å². The molecule has 0 heterocycles. The van der Waals surface area contributed by atoms with Crippen molar-refractivity contribution >= 4 is 23.0 Å².